The molecule has 242 valence electrons. The molecule has 1 heterocycles. The molecule has 52 heavy (non-hydrogen) atoms. The van der Waals surface area contributed by atoms with E-state index in [2.05, 4.69) is 200 Å². The smallest absolute Gasteiger partial charge is 0.0787 e. The lowest BCUT2D eigenvalue weighted by molar-refractivity contribution is 1.42. The summed E-state index contributed by atoms with van der Waals surface area (Å²) in [6.45, 7) is 0. The summed E-state index contributed by atoms with van der Waals surface area (Å²) < 4.78 is 0. The predicted molar refractivity (Wildman–Crippen MR) is 221 cm³/mol. The molecule has 0 aliphatic rings. The maximum atomic E-state index is 5.31. The number of aromatic nitrogens is 1. The summed E-state index contributed by atoms with van der Waals surface area (Å²) in [7, 11) is 0. The Hall–Kier alpha value is -6.83. The third-order valence-corrected chi connectivity index (χ3v) is 10.5. The van der Waals surface area contributed by atoms with E-state index >= 15 is 0 Å². The number of nitrogens with zero attached hydrogens (tertiary/aromatic N) is 1. The molecule has 0 saturated carbocycles. The highest BCUT2D eigenvalue weighted by atomic mass is 14.7. The van der Waals surface area contributed by atoms with E-state index in [0.29, 0.717) is 0 Å². The fourth-order valence-electron chi connectivity index (χ4n) is 7.90. The highest BCUT2D eigenvalue weighted by molar-refractivity contribution is 6.22. The van der Waals surface area contributed by atoms with Crippen LogP contribution in [0.3, 0.4) is 0 Å². The Labute approximate surface area is 303 Å². The zero-order chi connectivity index (χ0) is 34.4. The van der Waals surface area contributed by atoms with E-state index in [9.17, 15) is 0 Å². The molecule has 0 bridgehead atoms. The highest BCUT2D eigenvalue weighted by Crippen LogP contribution is 2.45. The summed E-state index contributed by atoms with van der Waals surface area (Å²) in [5.74, 6) is 0. The van der Waals surface area contributed by atoms with Crippen LogP contribution in [0.15, 0.2) is 200 Å². The Morgan fingerprint density at radius 3 is 1.29 bits per heavy atom. The van der Waals surface area contributed by atoms with Crippen LogP contribution < -0.4 is 0 Å². The Balaban J connectivity index is 1.22. The molecule has 0 radical (unpaired) electrons. The standard InChI is InChI=1S/C51H33N/c1-3-11-34(12-4-1)36-19-24-39(25-20-36)49-44-17-9-10-18-45(44)50(40-26-21-37(22-27-40)35-13-5-2-6-14-35)47-33-42(29-31-46(47)49)48-32-30-41-28-23-38-15-7-8-16-43(38)51(41)52-48/h1-33H. The number of benzene rings is 9. The van der Waals surface area contributed by atoms with E-state index in [4.69, 9.17) is 4.98 Å². The van der Waals surface area contributed by atoms with Crippen molar-refractivity contribution in [1.29, 1.82) is 0 Å². The lowest BCUT2D eigenvalue weighted by Crippen LogP contribution is -1.93. The third kappa shape index (κ3) is 5.14. The summed E-state index contributed by atoms with van der Waals surface area (Å²) in [6, 6.07) is 72.4. The van der Waals surface area contributed by atoms with E-state index in [-0.39, 0.29) is 0 Å². The van der Waals surface area contributed by atoms with Crippen LogP contribution in [0.5, 0.6) is 0 Å². The summed E-state index contributed by atoms with van der Waals surface area (Å²) in [5.41, 5.74) is 12.9. The average Bonchev–Trinajstić information content (AvgIpc) is 3.23. The predicted octanol–water partition coefficient (Wildman–Crippen LogP) is 14.0. The molecule has 0 aliphatic carbocycles. The molecule has 0 aliphatic heterocycles. The van der Waals surface area contributed by atoms with Gasteiger partial charge in [0.15, 0.2) is 0 Å². The fraction of sp³-hybridized carbons (Fsp3) is 0. The Morgan fingerprint density at radius 1 is 0.250 bits per heavy atom. The molecule has 10 aromatic rings. The molecule has 0 spiro atoms. The van der Waals surface area contributed by atoms with Crippen LogP contribution in [0.25, 0.3) is 99.0 Å². The molecule has 0 fully saturated rings. The molecule has 1 heteroatoms. The second-order valence-electron chi connectivity index (χ2n) is 13.5. The van der Waals surface area contributed by atoms with Crippen molar-refractivity contribution in [3.63, 3.8) is 0 Å². The van der Waals surface area contributed by atoms with E-state index in [1.54, 1.807) is 0 Å². The minimum Gasteiger partial charge on any atom is -0.247 e. The van der Waals surface area contributed by atoms with E-state index < -0.39 is 0 Å². The minimum absolute atomic E-state index is 0.970. The molecular formula is C51H33N. The number of rotatable bonds is 5. The van der Waals surface area contributed by atoms with Gasteiger partial charge in [0.2, 0.25) is 0 Å². The van der Waals surface area contributed by atoms with Gasteiger partial charge in [0.25, 0.3) is 0 Å². The summed E-state index contributed by atoms with van der Waals surface area (Å²) in [5, 5.41) is 8.44. The van der Waals surface area contributed by atoms with Crippen LogP contribution in [-0.4, -0.2) is 4.98 Å². The Morgan fingerprint density at radius 2 is 0.673 bits per heavy atom. The van der Waals surface area contributed by atoms with Crippen molar-refractivity contribution in [1.82, 2.24) is 4.98 Å². The summed E-state index contributed by atoms with van der Waals surface area (Å²) in [4.78, 5) is 5.31. The van der Waals surface area contributed by atoms with Gasteiger partial charge < -0.3 is 0 Å². The highest BCUT2D eigenvalue weighted by Gasteiger charge is 2.18. The van der Waals surface area contributed by atoms with Gasteiger partial charge in [-0.3, -0.25) is 0 Å². The SMILES string of the molecule is c1ccc(-c2ccc(-c3c4ccccc4c(-c4ccc(-c5ccccc5)cc4)c4cc(-c5ccc6ccc7ccccc7c6n5)ccc34)cc2)cc1. The number of pyridine rings is 1. The van der Waals surface area contributed by atoms with Crippen LogP contribution in [0.4, 0.5) is 0 Å². The zero-order valence-electron chi connectivity index (χ0n) is 28.5. The maximum Gasteiger partial charge on any atom is 0.0787 e. The van der Waals surface area contributed by atoms with Crippen LogP contribution in [-0.2, 0) is 0 Å². The number of fused-ring (bicyclic) bond motifs is 5. The summed E-state index contributed by atoms with van der Waals surface area (Å²) >= 11 is 0. The molecule has 0 N–H and O–H groups in total. The van der Waals surface area contributed by atoms with E-state index in [1.807, 2.05) is 0 Å². The molecule has 1 nitrogen and oxygen atoms in total. The molecule has 1 aromatic heterocycles. The maximum absolute atomic E-state index is 5.31. The van der Waals surface area contributed by atoms with Crippen LogP contribution >= 0.6 is 0 Å². The van der Waals surface area contributed by atoms with Crippen molar-refractivity contribution in [2.45, 2.75) is 0 Å². The van der Waals surface area contributed by atoms with Gasteiger partial charge in [-0.2, -0.15) is 0 Å². The molecule has 0 atom stereocenters. The average molecular weight is 660 g/mol. The molecule has 0 amide bonds. The number of hydrogen-bond acceptors (Lipinski definition) is 1. The van der Waals surface area contributed by atoms with Gasteiger partial charge in [-0.25, -0.2) is 4.98 Å². The second kappa shape index (κ2) is 12.5. The normalized spacial score (nSPS) is 11.5. The van der Waals surface area contributed by atoms with Gasteiger partial charge in [0.05, 0.1) is 11.2 Å². The third-order valence-electron chi connectivity index (χ3n) is 10.5. The first kappa shape index (κ1) is 30.0. The topological polar surface area (TPSA) is 12.9 Å². The van der Waals surface area contributed by atoms with Gasteiger partial charge in [-0.05, 0) is 83.6 Å². The van der Waals surface area contributed by atoms with Crippen molar-refractivity contribution >= 4 is 43.2 Å². The molecule has 9 aromatic carbocycles. The second-order valence-corrected chi connectivity index (χ2v) is 13.5. The van der Waals surface area contributed by atoms with Crippen molar-refractivity contribution in [3.05, 3.63) is 200 Å². The zero-order valence-corrected chi connectivity index (χ0v) is 28.5. The first-order valence-electron chi connectivity index (χ1n) is 17.9. The molecular weight excluding hydrogens is 627 g/mol. The van der Waals surface area contributed by atoms with Crippen LogP contribution in [0.2, 0.25) is 0 Å². The first-order chi connectivity index (χ1) is 25.8. The van der Waals surface area contributed by atoms with E-state index in [0.717, 1.165) is 22.2 Å². The first-order valence-corrected chi connectivity index (χ1v) is 17.9. The lowest BCUT2D eigenvalue weighted by atomic mass is 9.84. The quantitative estimate of drug-likeness (QED) is 0.132. The van der Waals surface area contributed by atoms with Crippen LogP contribution in [0.1, 0.15) is 0 Å². The van der Waals surface area contributed by atoms with Gasteiger partial charge in [-0.15, -0.1) is 0 Å². The van der Waals surface area contributed by atoms with Crippen molar-refractivity contribution in [3.8, 4) is 55.8 Å². The van der Waals surface area contributed by atoms with Crippen molar-refractivity contribution in [2.24, 2.45) is 0 Å². The lowest BCUT2D eigenvalue weighted by Gasteiger charge is -2.19. The molecule has 0 saturated heterocycles. The largest absolute Gasteiger partial charge is 0.247 e. The van der Waals surface area contributed by atoms with Gasteiger partial charge in [0, 0.05) is 16.3 Å². The van der Waals surface area contributed by atoms with Crippen molar-refractivity contribution in [2.75, 3.05) is 0 Å². The van der Waals surface area contributed by atoms with Gasteiger partial charge in [0.1, 0.15) is 0 Å². The number of hydrogen-bond donors (Lipinski definition) is 0. The van der Waals surface area contributed by atoms with Gasteiger partial charge in [-0.1, -0.05) is 188 Å². The van der Waals surface area contributed by atoms with Crippen LogP contribution in [0, 0.1) is 0 Å². The van der Waals surface area contributed by atoms with Gasteiger partial charge >= 0.3 is 0 Å². The van der Waals surface area contributed by atoms with Crippen molar-refractivity contribution < 1.29 is 0 Å². The van der Waals surface area contributed by atoms with E-state index in [1.165, 1.54) is 76.8 Å². The Kier molecular flexibility index (Phi) is 7.22. The molecule has 10 rings (SSSR count). The minimum atomic E-state index is 0.970. The summed E-state index contributed by atoms with van der Waals surface area (Å²) in [6.07, 6.45) is 0. The monoisotopic (exact) mass is 659 g/mol. The Bertz CT molecular complexity index is 2910. The molecule has 0 unspecified atom stereocenters. The fourth-order valence-corrected chi connectivity index (χ4v) is 7.90.